The molecule has 1 amide bonds. The molecular weight excluding hydrogens is 312 g/mol. The second-order valence-electron chi connectivity index (χ2n) is 6.29. The number of hydrogen-bond acceptors (Lipinski definition) is 5. The third kappa shape index (κ3) is 4.96. The lowest BCUT2D eigenvalue weighted by Gasteiger charge is -2.19. The minimum atomic E-state index is -0.513. The van der Waals surface area contributed by atoms with Crippen LogP contribution in [0.1, 0.15) is 32.0 Å². The van der Waals surface area contributed by atoms with Gasteiger partial charge in [-0.2, -0.15) is 0 Å². The van der Waals surface area contributed by atoms with Crippen LogP contribution in [0.15, 0.2) is 23.7 Å². The Labute approximate surface area is 140 Å². The lowest BCUT2D eigenvalue weighted by Crippen LogP contribution is -2.33. The number of ether oxygens (including phenoxy) is 1. The summed E-state index contributed by atoms with van der Waals surface area (Å²) in [6.45, 7) is 7.80. The van der Waals surface area contributed by atoms with Gasteiger partial charge in [-0.25, -0.2) is 9.78 Å². The first kappa shape index (κ1) is 17.3. The van der Waals surface area contributed by atoms with E-state index < -0.39 is 11.7 Å². The van der Waals surface area contributed by atoms with Gasteiger partial charge in [0.25, 0.3) is 0 Å². The summed E-state index contributed by atoms with van der Waals surface area (Å²) < 4.78 is 5.17. The van der Waals surface area contributed by atoms with Crippen LogP contribution in [0.25, 0.3) is 10.4 Å². The number of aromatic hydroxyl groups is 1. The number of phenols is 1. The number of carbonyl (C=O) groups excluding carboxylic acids is 1. The van der Waals surface area contributed by atoms with Crippen LogP contribution in [0.3, 0.4) is 0 Å². The molecule has 124 valence electrons. The molecular formula is C17H22N2O3S. The monoisotopic (exact) mass is 334 g/mol. The molecule has 1 aromatic heterocycles. The van der Waals surface area contributed by atoms with Crippen molar-refractivity contribution in [2.75, 3.05) is 6.54 Å². The highest BCUT2D eigenvalue weighted by molar-refractivity contribution is 7.13. The van der Waals surface area contributed by atoms with E-state index in [1.165, 1.54) is 0 Å². The minimum Gasteiger partial charge on any atom is -0.508 e. The predicted molar refractivity (Wildman–Crippen MR) is 91.9 cm³/mol. The Morgan fingerprint density at radius 2 is 2.13 bits per heavy atom. The van der Waals surface area contributed by atoms with E-state index in [9.17, 15) is 9.90 Å². The summed E-state index contributed by atoms with van der Waals surface area (Å²) in [6.07, 6.45) is 0.0847. The van der Waals surface area contributed by atoms with Gasteiger partial charge in [0.15, 0.2) is 0 Å². The van der Waals surface area contributed by atoms with E-state index in [4.69, 9.17) is 4.74 Å². The molecule has 0 aliphatic carbocycles. The first-order valence-electron chi connectivity index (χ1n) is 7.45. The van der Waals surface area contributed by atoms with E-state index in [-0.39, 0.29) is 5.75 Å². The lowest BCUT2D eigenvalue weighted by atomic mass is 10.1. The standard InChI is InChI=1S/C17H22N2O3S/c1-11-15(23-10-19-11)13-6-5-12(14(20)9-13)7-8-18-16(21)22-17(2,3)4/h5-6,9-10,20H,7-8H2,1-4H3,(H,18,21). The van der Waals surface area contributed by atoms with Crippen LogP contribution in [-0.2, 0) is 11.2 Å². The quantitative estimate of drug-likeness (QED) is 0.890. The van der Waals surface area contributed by atoms with Gasteiger partial charge in [0.2, 0.25) is 0 Å². The molecule has 0 aliphatic rings. The molecule has 1 aromatic carbocycles. The minimum absolute atomic E-state index is 0.223. The molecule has 0 saturated carbocycles. The molecule has 2 aromatic rings. The number of nitrogens with one attached hydrogen (secondary N) is 1. The molecule has 0 radical (unpaired) electrons. The number of aromatic nitrogens is 1. The molecule has 2 rings (SSSR count). The fourth-order valence-electron chi connectivity index (χ4n) is 2.11. The number of nitrogens with zero attached hydrogens (tertiary/aromatic N) is 1. The zero-order chi connectivity index (χ0) is 17.0. The number of phenolic OH excluding ortho intramolecular Hbond substituents is 1. The third-order valence-corrected chi connectivity index (χ3v) is 4.13. The second-order valence-corrected chi connectivity index (χ2v) is 7.14. The van der Waals surface area contributed by atoms with E-state index >= 15 is 0 Å². The Hall–Kier alpha value is -2.08. The zero-order valence-corrected chi connectivity index (χ0v) is 14.7. The van der Waals surface area contributed by atoms with Crippen LogP contribution in [0, 0.1) is 6.92 Å². The number of benzene rings is 1. The molecule has 0 atom stereocenters. The Balaban J connectivity index is 1.94. The van der Waals surface area contributed by atoms with Gasteiger partial charge >= 0.3 is 6.09 Å². The number of alkyl carbamates (subject to hydrolysis) is 1. The Bertz CT molecular complexity index is 689. The number of rotatable bonds is 4. The molecule has 0 bridgehead atoms. The first-order valence-corrected chi connectivity index (χ1v) is 8.33. The Morgan fingerprint density at radius 3 is 2.70 bits per heavy atom. The summed E-state index contributed by atoms with van der Waals surface area (Å²) in [5.74, 6) is 0.223. The molecule has 5 nitrogen and oxygen atoms in total. The van der Waals surface area contributed by atoms with Crippen molar-refractivity contribution in [2.24, 2.45) is 0 Å². The van der Waals surface area contributed by atoms with Crippen molar-refractivity contribution >= 4 is 17.4 Å². The van der Waals surface area contributed by atoms with Crippen molar-refractivity contribution in [3.8, 4) is 16.2 Å². The average molecular weight is 334 g/mol. The van der Waals surface area contributed by atoms with Crippen molar-refractivity contribution < 1.29 is 14.6 Å². The summed E-state index contributed by atoms with van der Waals surface area (Å²) in [7, 11) is 0. The van der Waals surface area contributed by atoms with E-state index in [1.807, 2.05) is 39.8 Å². The van der Waals surface area contributed by atoms with Gasteiger partial charge in [-0.3, -0.25) is 0 Å². The van der Waals surface area contributed by atoms with E-state index in [0.717, 1.165) is 21.7 Å². The number of hydrogen-bond donors (Lipinski definition) is 2. The summed E-state index contributed by atoms with van der Waals surface area (Å²) >= 11 is 1.55. The summed E-state index contributed by atoms with van der Waals surface area (Å²) in [5.41, 5.74) is 3.97. The molecule has 6 heteroatoms. The van der Waals surface area contributed by atoms with Crippen LogP contribution in [-0.4, -0.2) is 28.3 Å². The van der Waals surface area contributed by atoms with Gasteiger partial charge in [-0.05, 0) is 51.3 Å². The largest absolute Gasteiger partial charge is 0.508 e. The molecule has 1 heterocycles. The predicted octanol–water partition coefficient (Wildman–Crippen LogP) is 3.89. The molecule has 0 spiro atoms. The molecule has 0 aliphatic heterocycles. The maximum atomic E-state index is 11.6. The number of aryl methyl sites for hydroxylation is 1. The number of amides is 1. The Morgan fingerprint density at radius 1 is 1.39 bits per heavy atom. The summed E-state index contributed by atoms with van der Waals surface area (Å²) in [4.78, 5) is 16.9. The molecule has 0 saturated heterocycles. The smallest absolute Gasteiger partial charge is 0.407 e. The highest BCUT2D eigenvalue weighted by Gasteiger charge is 2.15. The fraction of sp³-hybridized carbons (Fsp3) is 0.412. The zero-order valence-electron chi connectivity index (χ0n) is 13.8. The van der Waals surface area contributed by atoms with E-state index in [1.54, 1.807) is 22.9 Å². The van der Waals surface area contributed by atoms with Crippen LogP contribution < -0.4 is 5.32 Å². The van der Waals surface area contributed by atoms with Crippen LogP contribution in [0.2, 0.25) is 0 Å². The van der Waals surface area contributed by atoms with Crippen molar-refractivity contribution in [1.29, 1.82) is 0 Å². The Kier molecular flexibility index (Phi) is 5.26. The summed E-state index contributed by atoms with van der Waals surface area (Å²) in [6, 6.07) is 5.58. The van der Waals surface area contributed by atoms with Crippen molar-refractivity contribution in [2.45, 2.75) is 39.7 Å². The maximum absolute atomic E-state index is 11.6. The topological polar surface area (TPSA) is 71.5 Å². The van der Waals surface area contributed by atoms with Crippen LogP contribution in [0.5, 0.6) is 5.75 Å². The highest BCUT2D eigenvalue weighted by Crippen LogP contribution is 2.31. The van der Waals surface area contributed by atoms with Gasteiger partial charge in [0.1, 0.15) is 11.4 Å². The van der Waals surface area contributed by atoms with Crippen molar-refractivity contribution in [1.82, 2.24) is 10.3 Å². The van der Waals surface area contributed by atoms with Gasteiger partial charge in [0, 0.05) is 6.54 Å². The number of thiazole rings is 1. The number of carbonyl (C=O) groups is 1. The van der Waals surface area contributed by atoms with Crippen molar-refractivity contribution in [3.05, 3.63) is 35.0 Å². The maximum Gasteiger partial charge on any atom is 0.407 e. The van der Waals surface area contributed by atoms with Gasteiger partial charge in [-0.15, -0.1) is 11.3 Å². The van der Waals surface area contributed by atoms with Gasteiger partial charge in [0.05, 0.1) is 16.1 Å². The third-order valence-electron chi connectivity index (χ3n) is 3.16. The van der Waals surface area contributed by atoms with Crippen molar-refractivity contribution in [3.63, 3.8) is 0 Å². The summed E-state index contributed by atoms with van der Waals surface area (Å²) in [5, 5.41) is 12.9. The molecule has 0 fully saturated rings. The fourth-order valence-corrected chi connectivity index (χ4v) is 2.91. The van der Waals surface area contributed by atoms with Crippen LogP contribution >= 0.6 is 11.3 Å². The molecule has 23 heavy (non-hydrogen) atoms. The normalized spacial score (nSPS) is 11.3. The van der Waals surface area contributed by atoms with Gasteiger partial charge in [-0.1, -0.05) is 12.1 Å². The van der Waals surface area contributed by atoms with E-state index in [0.29, 0.717) is 13.0 Å². The molecule has 0 unspecified atom stereocenters. The van der Waals surface area contributed by atoms with Gasteiger partial charge < -0.3 is 15.2 Å². The second kappa shape index (κ2) is 7.00. The average Bonchev–Trinajstić information content (AvgIpc) is 2.85. The lowest BCUT2D eigenvalue weighted by molar-refractivity contribution is 0.0528. The first-order chi connectivity index (χ1) is 10.8. The SMILES string of the molecule is Cc1ncsc1-c1ccc(CCNC(=O)OC(C)(C)C)c(O)c1. The van der Waals surface area contributed by atoms with Crippen LogP contribution in [0.4, 0.5) is 4.79 Å². The highest BCUT2D eigenvalue weighted by atomic mass is 32.1. The van der Waals surface area contributed by atoms with E-state index in [2.05, 4.69) is 10.3 Å². The molecule has 2 N–H and O–H groups in total.